The van der Waals surface area contributed by atoms with Crippen LogP contribution in [-0.2, 0) is 9.59 Å². The lowest BCUT2D eigenvalue weighted by Crippen LogP contribution is -2.49. The lowest BCUT2D eigenvalue weighted by molar-refractivity contribution is -0.154. The minimum atomic E-state index is -1.05. The number of Topliss-reactive ketones (excluding diaryl/α,β-unsaturated/α-hetero) is 1. The molecule has 0 aromatic rings. The third-order valence-electron chi connectivity index (χ3n) is 8.73. The lowest BCUT2D eigenvalue weighted by Gasteiger charge is -2.45. The summed E-state index contributed by atoms with van der Waals surface area (Å²) in [6.07, 6.45) is 5.26. The molecule has 0 heterocycles. The summed E-state index contributed by atoms with van der Waals surface area (Å²) in [7, 11) is 0. The van der Waals surface area contributed by atoms with Gasteiger partial charge in [-0.3, -0.25) is 9.59 Å². The zero-order valence-electron chi connectivity index (χ0n) is 14.4. The predicted molar refractivity (Wildman–Crippen MR) is 88.4 cm³/mol. The molecular formula is C20H24O5. The van der Waals surface area contributed by atoms with Gasteiger partial charge in [-0.2, -0.15) is 0 Å². The number of aliphatic hydroxyl groups is 2. The van der Waals surface area contributed by atoms with Crippen molar-refractivity contribution in [3.05, 3.63) is 24.3 Å². The topological polar surface area (TPSA) is 94.8 Å². The standard InChI is InChI=1S/C20H24O5/c1-10-7-19-9-20(10,25)6-3-11(19)18-5-4-12(21)17(2,13(22)8-18)15(18)14(19)16(23)24/h4-5,11-12,14-15,21,25H,1,3,6-9H2,2H3,(H,23,24)/t11-,12-,14+,15+,17-,18+,19-,20-/m0/s1. The largest absolute Gasteiger partial charge is 0.481 e. The maximum absolute atomic E-state index is 12.9. The van der Waals surface area contributed by atoms with Crippen LogP contribution < -0.4 is 0 Å². The smallest absolute Gasteiger partial charge is 0.307 e. The Morgan fingerprint density at radius 3 is 2.76 bits per heavy atom. The SMILES string of the molecule is C=C1C[C@]23C[C@@]1(O)CC[C@H]2[C@@]12C=C[C@H](O)[C@@](C)(C(=O)C1)[C@H]2[C@@H]3C(=O)O. The first-order chi connectivity index (χ1) is 11.6. The number of carboxylic acid groups (broad SMARTS) is 1. The minimum absolute atomic E-state index is 0.0197. The molecule has 0 aromatic heterocycles. The Morgan fingerprint density at radius 1 is 1.36 bits per heavy atom. The van der Waals surface area contributed by atoms with E-state index in [0.29, 0.717) is 32.1 Å². The van der Waals surface area contributed by atoms with Crippen LogP contribution in [0.2, 0.25) is 0 Å². The number of aliphatic hydroxyl groups excluding tert-OH is 1. The average molecular weight is 344 g/mol. The number of carbonyl (C=O) groups is 2. The van der Waals surface area contributed by atoms with Gasteiger partial charge in [0.1, 0.15) is 5.78 Å². The maximum atomic E-state index is 12.9. The summed E-state index contributed by atoms with van der Waals surface area (Å²) in [5.41, 5.74) is -2.34. The Hall–Kier alpha value is -1.46. The fourth-order valence-electron chi connectivity index (χ4n) is 7.84. The normalized spacial score (nSPS) is 58.4. The van der Waals surface area contributed by atoms with Gasteiger partial charge in [0.05, 0.1) is 23.0 Å². The van der Waals surface area contributed by atoms with E-state index in [4.69, 9.17) is 0 Å². The Kier molecular flexibility index (Phi) is 2.58. The first-order valence-corrected chi connectivity index (χ1v) is 9.16. The van der Waals surface area contributed by atoms with E-state index in [2.05, 4.69) is 6.58 Å². The fourth-order valence-corrected chi connectivity index (χ4v) is 7.84. The molecule has 0 aliphatic heterocycles. The van der Waals surface area contributed by atoms with E-state index in [1.807, 2.05) is 6.08 Å². The molecule has 5 rings (SSSR count). The molecule has 0 radical (unpaired) electrons. The van der Waals surface area contributed by atoms with Gasteiger partial charge in [0.25, 0.3) is 0 Å². The molecule has 5 heteroatoms. The van der Waals surface area contributed by atoms with Gasteiger partial charge in [0, 0.05) is 11.8 Å². The summed E-state index contributed by atoms with van der Waals surface area (Å²) in [6.45, 7) is 5.81. The van der Waals surface area contributed by atoms with Crippen molar-refractivity contribution in [1.82, 2.24) is 0 Å². The molecule has 4 saturated carbocycles. The second-order valence-electron chi connectivity index (χ2n) is 9.41. The Labute approximate surface area is 146 Å². The van der Waals surface area contributed by atoms with E-state index in [1.165, 1.54) is 0 Å². The summed E-state index contributed by atoms with van der Waals surface area (Å²) in [5, 5.41) is 31.8. The van der Waals surface area contributed by atoms with Gasteiger partial charge in [-0.25, -0.2) is 0 Å². The zero-order valence-corrected chi connectivity index (χ0v) is 14.4. The molecule has 0 aromatic carbocycles. The Balaban J connectivity index is 1.78. The molecule has 5 aliphatic rings. The number of fused-ring (bicyclic) bond motifs is 1. The molecule has 4 bridgehead atoms. The third-order valence-corrected chi connectivity index (χ3v) is 8.73. The van der Waals surface area contributed by atoms with Crippen molar-refractivity contribution in [2.75, 3.05) is 0 Å². The van der Waals surface area contributed by atoms with Crippen LogP contribution in [-0.4, -0.2) is 38.8 Å². The van der Waals surface area contributed by atoms with Crippen LogP contribution in [0.15, 0.2) is 24.3 Å². The van der Waals surface area contributed by atoms with Gasteiger partial charge in [-0.1, -0.05) is 18.7 Å². The number of hydrogen-bond donors (Lipinski definition) is 3. The van der Waals surface area contributed by atoms with Crippen LogP contribution >= 0.6 is 0 Å². The van der Waals surface area contributed by atoms with Gasteiger partial charge in [-0.15, -0.1) is 0 Å². The van der Waals surface area contributed by atoms with Crippen molar-refractivity contribution < 1.29 is 24.9 Å². The highest BCUT2D eigenvalue weighted by Gasteiger charge is 2.81. The Bertz CT molecular complexity index is 770. The lowest BCUT2D eigenvalue weighted by atomic mass is 9.59. The van der Waals surface area contributed by atoms with E-state index in [0.717, 1.165) is 5.57 Å². The van der Waals surface area contributed by atoms with Gasteiger partial charge >= 0.3 is 5.97 Å². The van der Waals surface area contributed by atoms with Crippen molar-refractivity contribution in [1.29, 1.82) is 0 Å². The number of carbonyl (C=O) groups excluding carboxylic acids is 1. The van der Waals surface area contributed by atoms with E-state index in [-0.39, 0.29) is 11.7 Å². The number of rotatable bonds is 1. The minimum Gasteiger partial charge on any atom is -0.481 e. The monoisotopic (exact) mass is 344 g/mol. The third kappa shape index (κ3) is 1.40. The Morgan fingerprint density at radius 2 is 2.08 bits per heavy atom. The number of carboxylic acids is 1. The number of ketones is 1. The van der Waals surface area contributed by atoms with E-state index < -0.39 is 45.8 Å². The summed E-state index contributed by atoms with van der Waals surface area (Å²) in [5.74, 6) is -2.03. The second-order valence-corrected chi connectivity index (χ2v) is 9.41. The molecule has 8 atom stereocenters. The zero-order chi connectivity index (χ0) is 18.0. The second kappa shape index (κ2) is 4.09. The molecular weight excluding hydrogens is 320 g/mol. The van der Waals surface area contributed by atoms with Crippen LogP contribution in [0, 0.1) is 34.0 Å². The summed E-state index contributed by atoms with van der Waals surface area (Å²) >= 11 is 0. The van der Waals surface area contributed by atoms with Crippen LogP contribution in [0.4, 0.5) is 0 Å². The average Bonchev–Trinajstić information content (AvgIpc) is 2.95. The van der Waals surface area contributed by atoms with E-state index in [1.54, 1.807) is 13.0 Å². The highest BCUT2D eigenvalue weighted by molar-refractivity contribution is 5.92. The van der Waals surface area contributed by atoms with E-state index in [9.17, 15) is 24.9 Å². The van der Waals surface area contributed by atoms with Gasteiger partial charge in [0.15, 0.2) is 0 Å². The number of aliphatic carboxylic acids is 1. The molecule has 0 saturated heterocycles. The molecule has 3 N–H and O–H groups in total. The quantitative estimate of drug-likeness (QED) is 0.629. The van der Waals surface area contributed by atoms with E-state index >= 15 is 0 Å². The first kappa shape index (κ1) is 15.8. The predicted octanol–water partition coefficient (Wildman–Crippen LogP) is 1.69. The van der Waals surface area contributed by atoms with Crippen molar-refractivity contribution >= 4 is 11.8 Å². The van der Waals surface area contributed by atoms with Crippen LogP contribution in [0.3, 0.4) is 0 Å². The van der Waals surface area contributed by atoms with Crippen molar-refractivity contribution in [3.63, 3.8) is 0 Å². The summed E-state index contributed by atoms with van der Waals surface area (Å²) in [4.78, 5) is 25.4. The van der Waals surface area contributed by atoms with Gasteiger partial charge < -0.3 is 15.3 Å². The van der Waals surface area contributed by atoms with Crippen molar-refractivity contribution in [3.8, 4) is 0 Å². The van der Waals surface area contributed by atoms with Gasteiger partial charge in [-0.05, 0) is 55.4 Å². The first-order valence-electron chi connectivity index (χ1n) is 9.16. The van der Waals surface area contributed by atoms with Crippen LogP contribution in [0.25, 0.3) is 0 Å². The summed E-state index contributed by atoms with van der Waals surface area (Å²) in [6, 6.07) is 0. The highest BCUT2D eigenvalue weighted by Crippen LogP contribution is 2.80. The molecule has 25 heavy (non-hydrogen) atoms. The maximum Gasteiger partial charge on any atom is 0.307 e. The van der Waals surface area contributed by atoms with Crippen molar-refractivity contribution in [2.45, 2.75) is 50.7 Å². The van der Waals surface area contributed by atoms with Crippen molar-refractivity contribution in [2.24, 2.45) is 34.0 Å². The van der Waals surface area contributed by atoms with Crippen LogP contribution in [0.1, 0.15) is 39.0 Å². The molecule has 5 aliphatic carbocycles. The number of allylic oxidation sites excluding steroid dienone is 1. The molecule has 1 spiro atoms. The molecule has 4 fully saturated rings. The fraction of sp³-hybridized carbons (Fsp3) is 0.700. The molecule has 5 nitrogen and oxygen atoms in total. The molecule has 0 unspecified atom stereocenters. The highest BCUT2D eigenvalue weighted by atomic mass is 16.4. The van der Waals surface area contributed by atoms with Crippen LogP contribution in [0.5, 0.6) is 0 Å². The van der Waals surface area contributed by atoms with Gasteiger partial charge in [0.2, 0.25) is 0 Å². The molecule has 134 valence electrons. The number of hydrogen-bond acceptors (Lipinski definition) is 4. The summed E-state index contributed by atoms with van der Waals surface area (Å²) < 4.78 is 0. The molecule has 0 amide bonds.